The molecule has 0 saturated heterocycles. The van der Waals surface area contributed by atoms with Crippen molar-refractivity contribution < 1.29 is 9.90 Å². The van der Waals surface area contributed by atoms with Gasteiger partial charge in [0, 0.05) is 11.1 Å². The van der Waals surface area contributed by atoms with Crippen LogP contribution < -0.4 is 11.1 Å². The normalized spacial score (nSPS) is 13.7. The quantitative estimate of drug-likeness (QED) is 0.684. The van der Waals surface area contributed by atoms with Crippen LogP contribution in [-0.2, 0) is 4.79 Å². The molecule has 0 saturated carbocycles. The topological polar surface area (TPSA) is 93.2 Å². The number of nitrogens with zero attached hydrogens (tertiary/aromatic N) is 2. The van der Waals surface area contributed by atoms with Crippen molar-refractivity contribution in [2.75, 3.05) is 5.32 Å². The van der Waals surface area contributed by atoms with Crippen molar-refractivity contribution >= 4 is 22.5 Å². The van der Waals surface area contributed by atoms with Crippen LogP contribution in [0.4, 0.5) is 5.69 Å². The molecule has 3 rings (SSSR count). The summed E-state index contributed by atoms with van der Waals surface area (Å²) in [5.41, 5.74) is 9.24. The largest absolute Gasteiger partial charge is 0.391 e. The Bertz CT molecular complexity index is 886. The van der Waals surface area contributed by atoms with Gasteiger partial charge >= 0.3 is 0 Å². The molecule has 124 valence electrons. The summed E-state index contributed by atoms with van der Waals surface area (Å²) in [4.78, 5) is 12.0. The SMILES string of the molecule is Cc1cccc(-n2ncc3ccc(NC(=O)[C@@H](N)[C@@H](C)O)cc32)c1. The highest BCUT2D eigenvalue weighted by Gasteiger charge is 2.19. The van der Waals surface area contributed by atoms with Gasteiger partial charge in [-0.15, -0.1) is 0 Å². The highest BCUT2D eigenvalue weighted by Crippen LogP contribution is 2.22. The van der Waals surface area contributed by atoms with Crippen molar-refractivity contribution in [3.8, 4) is 5.69 Å². The number of fused-ring (bicyclic) bond motifs is 1. The fourth-order valence-electron chi connectivity index (χ4n) is 2.51. The molecule has 0 bridgehead atoms. The highest BCUT2D eigenvalue weighted by atomic mass is 16.3. The lowest BCUT2D eigenvalue weighted by atomic mass is 10.1. The zero-order valence-corrected chi connectivity index (χ0v) is 13.6. The lowest BCUT2D eigenvalue weighted by Crippen LogP contribution is -2.43. The van der Waals surface area contributed by atoms with Gasteiger partial charge in [0.15, 0.2) is 0 Å². The van der Waals surface area contributed by atoms with Gasteiger partial charge in [-0.1, -0.05) is 12.1 Å². The van der Waals surface area contributed by atoms with Crippen molar-refractivity contribution in [3.63, 3.8) is 0 Å². The molecule has 0 aliphatic heterocycles. The molecule has 6 heteroatoms. The van der Waals surface area contributed by atoms with Gasteiger partial charge in [0.2, 0.25) is 5.91 Å². The van der Waals surface area contributed by atoms with E-state index in [1.807, 2.05) is 48.0 Å². The average Bonchev–Trinajstić information content (AvgIpc) is 2.97. The summed E-state index contributed by atoms with van der Waals surface area (Å²) in [6.45, 7) is 3.51. The van der Waals surface area contributed by atoms with Crippen LogP contribution in [0.2, 0.25) is 0 Å². The molecule has 1 heterocycles. The van der Waals surface area contributed by atoms with Gasteiger partial charge in [0.25, 0.3) is 0 Å². The Morgan fingerprint density at radius 1 is 1.29 bits per heavy atom. The summed E-state index contributed by atoms with van der Waals surface area (Å²) in [5.74, 6) is -0.425. The molecule has 24 heavy (non-hydrogen) atoms. The predicted octanol–water partition coefficient (Wildman–Crippen LogP) is 1.98. The van der Waals surface area contributed by atoms with Crippen LogP contribution in [0, 0.1) is 6.92 Å². The number of carbonyl (C=O) groups is 1. The smallest absolute Gasteiger partial charge is 0.243 e. The Hall–Kier alpha value is -2.70. The maximum atomic E-state index is 12.0. The van der Waals surface area contributed by atoms with E-state index in [0.717, 1.165) is 22.2 Å². The molecule has 0 radical (unpaired) electrons. The maximum absolute atomic E-state index is 12.0. The number of benzene rings is 2. The first kappa shape index (κ1) is 16.2. The van der Waals surface area contributed by atoms with Crippen molar-refractivity contribution in [1.29, 1.82) is 0 Å². The predicted molar refractivity (Wildman–Crippen MR) is 94.1 cm³/mol. The number of rotatable bonds is 4. The van der Waals surface area contributed by atoms with Gasteiger partial charge in [-0.05, 0) is 49.7 Å². The minimum atomic E-state index is -0.970. The van der Waals surface area contributed by atoms with Crippen LogP contribution >= 0.6 is 0 Å². The molecular weight excluding hydrogens is 304 g/mol. The number of aliphatic hydroxyl groups excluding tert-OH is 1. The molecule has 2 atom stereocenters. The molecule has 0 fully saturated rings. The number of amides is 1. The van der Waals surface area contributed by atoms with E-state index in [1.54, 1.807) is 12.3 Å². The first-order valence-electron chi connectivity index (χ1n) is 7.75. The lowest BCUT2D eigenvalue weighted by molar-refractivity contribution is -0.119. The first-order valence-corrected chi connectivity index (χ1v) is 7.75. The van der Waals surface area contributed by atoms with Crippen molar-refractivity contribution in [3.05, 3.63) is 54.2 Å². The van der Waals surface area contributed by atoms with Crippen LogP contribution in [0.1, 0.15) is 12.5 Å². The standard InChI is InChI=1S/C18H20N4O2/c1-11-4-3-5-15(8-11)22-16-9-14(7-6-13(16)10-20-22)21-18(24)17(19)12(2)23/h3-10,12,17,23H,19H2,1-2H3,(H,21,24)/t12-,17+/m1/s1. The zero-order chi connectivity index (χ0) is 17.3. The summed E-state index contributed by atoms with van der Waals surface area (Å²) >= 11 is 0. The number of hydrogen-bond acceptors (Lipinski definition) is 4. The second-order valence-electron chi connectivity index (χ2n) is 5.92. The monoisotopic (exact) mass is 324 g/mol. The molecule has 4 N–H and O–H groups in total. The Labute approximate surface area is 139 Å². The molecule has 0 aliphatic carbocycles. The van der Waals surface area contributed by atoms with E-state index in [0.29, 0.717) is 5.69 Å². The molecule has 0 aliphatic rings. The van der Waals surface area contributed by atoms with Gasteiger partial charge in [-0.25, -0.2) is 4.68 Å². The summed E-state index contributed by atoms with van der Waals surface area (Å²) in [5, 5.41) is 17.6. The van der Waals surface area contributed by atoms with Gasteiger partial charge in [0.05, 0.1) is 23.5 Å². The molecule has 6 nitrogen and oxygen atoms in total. The minimum absolute atomic E-state index is 0.425. The van der Waals surface area contributed by atoms with E-state index in [2.05, 4.69) is 10.4 Å². The van der Waals surface area contributed by atoms with Gasteiger partial charge < -0.3 is 16.2 Å². The second kappa shape index (κ2) is 6.43. The lowest BCUT2D eigenvalue weighted by Gasteiger charge is -2.14. The van der Waals surface area contributed by atoms with Crippen LogP contribution in [-0.4, -0.2) is 32.9 Å². The van der Waals surface area contributed by atoms with Crippen LogP contribution in [0.15, 0.2) is 48.7 Å². The Kier molecular flexibility index (Phi) is 4.33. The second-order valence-corrected chi connectivity index (χ2v) is 5.92. The van der Waals surface area contributed by atoms with Gasteiger partial charge in [-0.2, -0.15) is 5.10 Å². The van der Waals surface area contributed by atoms with Crippen LogP contribution in [0.25, 0.3) is 16.6 Å². The van der Waals surface area contributed by atoms with Gasteiger partial charge in [0.1, 0.15) is 6.04 Å². The van der Waals surface area contributed by atoms with Crippen molar-refractivity contribution in [2.45, 2.75) is 26.0 Å². The van der Waals surface area contributed by atoms with Crippen molar-refractivity contribution in [1.82, 2.24) is 9.78 Å². The highest BCUT2D eigenvalue weighted by molar-refractivity contribution is 5.97. The molecule has 0 spiro atoms. The number of anilines is 1. The Morgan fingerprint density at radius 3 is 2.79 bits per heavy atom. The van der Waals surface area contributed by atoms with E-state index in [1.165, 1.54) is 6.92 Å². The fraction of sp³-hybridized carbons (Fsp3) is 0.222. The third-order valence-electron chi connectivity index (χ3n) is 3.91. The average molecular weight is 324 g/mol. The summed E-state index contributed by atoms with van der Waals surface area (Å²) in [7, 11) is 0. The van der Waals surface area contributed by atoms with Crippen LogP contribution in [0.5, 0.6) is 0 Å². The Balaban J connectivity index is 1.96. The number of aryl methyl sites for hydroxylation is 1. The zero-order valence-electron chi connectivity index (χ0n) is 13.6. The number of aromatic nitrogens is 2. The van der Waals surface area contributed by atoms with E-state index in [4.69, 9.17) is 5.73 Å². The maximum Gasteiger partial charge on any atom is 0.243 e. The van der Waals surface area contributed by atoms with Crippen molar-refractivity contribution in [2.24, 2.45) is 5.73 Å². The molecule has 2 aromatic carbocycles. The number of nitrogens with one attached hydrogen (secondary N) is 1. The third kappa shape index (κ3) is 3.15. The summed E-state index contributed by atoms with van der Waals surface area (Å²) in [6.07, 6.45) is 0.872. The third-order valence-corrected chi connectivity index (χ3v) is 3.91. The first-order chi connectivity index (χ1) is 11.5. The van der Waals surface area contributed by atoms with E-state index < -0.39 is 18.1 Å². The Morgan fingerprint density at radius 2 is 2.08 bits per heavy atom. The number of nitrogens with two attached hydrogens (primary N) is 1. The molecule has 0 unspecified atom stereocenters. The molecule has 3 aromatic rings. The molecule has 1 amide bonds. The minimum Gasteiger partial charge on any atom is -0.391 e. The summed E-state index contributed by atoms with van der Waals surface area (Å²) in [6, 6.07) is 12.6. The molecular formula is C18H20N4O2. The van der Waals surface area contributed by atoms with Crippen LogP contribution in [0.3, 0.4) is 0 Å². The fourth-order valence-corrected chi connectivity index (χ4v) is 2.51. The summed E-state index contributed by atoms with van der Waals surface area (Å²) < 4.78 is 1.83. The van der Waals surface area contributed by atoms with E-state index in [9.17, 15) is 9.90 Å². The number of aliphatic hydroxyl groups is 1. The van der Waals surface area contributed by atoms with E-state index >= 15 is 0 Å². The van der Waals surface area contributed by atoms with Gasteiger partial charge in [-0.3, -0.25) is 4.79 Å². The molecule has 1 aromatic heterocycles. The number of carbonyl (C=O) groups excluding carboxylic acids is 1. The number of hydrogen-bond donors (Lipinski definition) is 3. The van der Waals surface area contributed by atoms with E-state index in [-0.39, 0.29) is 0 Å².